The number of carbonyl (C=O) groups is 2. The van der Waals surface area contributed by atoms with Gasteiger partial charge >= 0.3 is 11.7 Å². The number of carbonyl (C=O) groups excluding carboxylic acids is 2. The predicted molar refractivity (Wildman–Crippen MR) is 94.1 cm³/mol. The summed E-state index contributed by atoms with van der Waals surface area (Å²) >= 11 is 0. The van der Waals surface area contributed by atoms with E-state index >= 15 is 0 Å². The van der Waals surface area contributed by atoms with Gasteiger partial charge in [0.05, 0.1) is 6.61 Å². The highest BCUT2D eigenvalue weighted by molar-refractivity contribution is 6.03. The van der Waals surface area contributed by atoms with Crippen molar-refractivity contribution < 1.29 is 24.2 Å². The van der Waals surface area contributed by atoms with Crippen LogP contribution in [0.2, 0.25) is 0 Å². The quantitative estimate of drug-likeness (QED) is 0.741. The number of hydrogen-bond donors (Lipinski definition) is 2. The normalized spacial score (nSPS) is 21.6. The summed E-state index contributed by atoms with van der Waals surface area (Å²) in [5.74, 6) is -0.766. The Morgan fingerprint density at radius 3 is 2.70 bits per heavy atom. The molecule has 3 rings (SSSR count). The van der Waals surface area contributed by atoms with E-state index in [1.54, 1.807) is 30.3 Å². The molecule has 1 saturated heterocycles. The largest absolute Gasteiger partial charge is 0.460 e. The number of aromatic nitrogens is 2. The summed E-state index contributed by atoms with van der Waals surface area (Å²) in [7, 11) is 0. The van der Waals surface area contributed by atoms with Crippen molar-refractivity contribution in [2.45, 2.75) is 31.8 Å². The summed E-state index contributed by atoms with van der Waals surface area (Å²) in [5, 5.41) is 11.9. The number of ether oxygens (including phenoxy) is 2. The number of aliphatic hydroxyl groups is 1. The van der Waals surface area contributed by atoms with E-state index in [1.165, 1.54) is 23.8 Å². The van der Waals surface area contributed by atoms with Gasteiger partial charge in [0.25, 0.3) is 5.91 Å². The van der Waals surface area contributed by atoms with E-state index < -0.39 is 30.1 Å². The number of esters is 1. The van der Waals surface area contributed by atoms with E-state index in [1.807, 2.05) is 0 Å². The van der Waals surface area contributed by atoms with Gasteiger partial charge in [-0.2, -0.15) is 4.98 Å². The van der Waals surface area contributed by atoms with Gasteiger partial charge in [0.1, 0.15) is 24.3 Å². The Labute approximate surface area is 154 Å². The molecule has 0 spiro atoms. The average Bonchev–Trinajstić information content (AvgIpc) is 3.04. The van der Waals surface area contributed by atoms with Crippen molar-refractivity contribution in [2.75, 3.05) is 11.9 Å². The van der Waals surface area contributed by atoms with Gasteiger partial charge in [0.15, 0.2) is 0 Å². The molecule has 0 saturated carbocycles. The topological polar surface area (TPSA) is 120 Å². The van der Waals surface area contributed by atoms with Crippen molar-refractivity contribution in [3.63, 3.8) is 0 Å². The Morgan fingerprint density at radius 2 is 2.07 bits per heavy atom. The number of amides is 1. The van der Waals surface area contributed by atoms with Gasteiger partial charge in [-0.15, -0.1) is 0 Å². The minimum atomic E-state index is -0.731. The lowest BCUT2D eigenvalue weighted by Crippen LogP contribution is -2.29. The molecule has 1 aromatic heterocycles. The van der Waals surface area contributed by atoms with E-state index in [-0.39, 0.29) is 24.8 Å². The number of hydrogen-bond acceptors (Lipinski definition) is 7. The molecule has 0 bridgehead atoms. The molecule has 1 fully saturated rings. The van der Waals surface area contributed by atoms with E-state index in [0.717, 1.165) is 0 Å². The lowest BCUT2D eigenvalue weighted by atomic mass is 10.2. The molecule has 9 heteroatoms. The molecular formula is C18H19N3O6. The molecule has 2 N–H and O–H groups in total. The van der Waals surface area contributed by atoms with E-state index in [4.69, 9.17) is 9.47 Å². The maximum absolute atomic E-state index is 12.3. The monoisotopic (exact) mass is 373 g/mol. The van der Waals surface area contributed by atoms with Crippen LogP contribution in [0.1, 0.15) is 29.9 Å². The van der Waals surface area contributed by atoms with Crippen molar-refractivity contribution in [2.24, 2.45) is 0 Å². The first-order valence-corrected chi connectivity index (χ1v) is 8.37. The van der Waals surface area contributed by atoms with Crippen LogP contribution < -0.4 is 11.0 Å². The highest BCUT2D eigenvalue weighted by atomic mass is 16.6. The summed E-state index contributed by atoms with van der Waals surface area (Å²) in [4.78, 5) is 39.5. The Balaban J connectivity index is 1.73. The maximum Gasteiger partial charge on any atom is 0.351 e. The zero-order chi connectivity index (χ0) is 19.4. The standard InChI is InChI=1S/C18H19N3O6/c1-11(23)26-13-9-16(27-14(13)10-22)21-8-7-15(20-18(21)25)19-17(24)12-5-3-2-4-6-12/h2-8,13-14,16,22H,9-10H2,1H3,(H,19,20,24,25)/t13-,14+,16-/m1/s1. The smallest absolute Gasteiger partial charge is 0.351 e. The molecule has 2 heterocycles. The first-order chi connectivity index (χ1) is 13.0. The Morgan fingerprint density at radius 1 is 1.33 bits per heavy atom. The van der Waals surface area contributed by atoms with Gasteiger partial charge in [-0.25, -0.2) is 4.79 Å². The molecule has 1 aromatic carbocycles. The molecule has 0 unspecified atom stereocenters. The lowest BCUT2D eigenvalue weighted by molar-refractivity contribution is -0.150. The molecule has 1 amide bonds. The molecule has 27 heavy (non-hydrogen) atoms. The summed E-state index contributed by atoms with van der Waals surface area (Å²) in [6.07, 6.45) is -0.455. The summed E-state index contributed by atoms with van der Waals surface area (Å²) in [5.41, 5.74) is -0.191. The number of rotatable bonds is 5. The summed E-state index contributed by atoms with van der Waals surface area (Å²) < 4.78 is 11.9. The van der Waals surface area contributed by atoms with Gasteiger partial charge < -0.3 is 19.9 Å². The predicted octanol–water partition coefficient (Wildman–Crippen LogP) is 0.707. The van der Waals surface area contributed by atoms with E-state index in [0.29, 0.717) is 5.56 Å². The van der Waals surface area contributed by atoms with Crippen molar-refractivity contribution in [3.05, 3.63) is 58.6 Å². The van der Waals surface area contributed by atoms with Crippen LogP contribution >= 0.6 is 0 Å². The molecular weight excluding hydrogens is 354 g/mol. The molecule has 142 valence electrons. The van der Waals surface area contributed by atoms with Gasteiger partial charge in [0.2, 0.25) is 0 Å². The van der Waals surface area contributed by atoms with Crippen molar-refractivity contribution in [3.8, 4) is 0 Å². The van der Waals surface area contributed by atoms with Crippen LogP contribution in [0, 0.1) is 0 Å². The van der Waals surface area contributed by atoms with Crippen LogP contribution in [0.15, 0.2) is 47.4 Å². The minimum absolute atomic E-state index is 0.110. The number of benzene rings is 1. The molecule has 9 nitrogen and oxygen atoms in total. The second-order valence-corrected chi connectivity index (χ2v) is 6.02. The fourth-order valence-electron chi connectivity index (χ4n) is 2.85. The molecule has 2 aromatic rings. The first-order valence-electron chi connectivity index (χ1n) is 8.37. The van der Waals surface area contributed by atoms with Crippen LogP contribution in [0.5, 0.6) is 0 Å². The third-order valence-electron chi connectivity index (χ3n) is 4.10. The Hall–Kier alpha value is -3.04. The highest BCUT2D eigenvalue weighted by Gasteiger charge is 2.38. The number of nitrogens with zero attached hydrogens (tertiary/aromatic N) is 2. The number of anilines is 1. The first kappa shape index (κ1) is 18.7. The Bertz CT molecular complexity index is 882. The zero-order valence-corrected chi connectivity index (χ0v) is 14.6. The van der Waals surface area contributed by atoms with Crippen LogP contribution in [0.25, 0.3) is 0 Å². The third kappa shape index (κ3) is 4.39. The van der Waals surface area contributed by atoms with E-state index in [2.05, 4.69) is 10.3 Å². The third-order valence-corrected chi connectivity index (χ3v) is 4.10. The number of aliphatic hydroxyl groups excluding tert-OH is 1. The minimum Gasteiger partial charge on any atom is -0.460 e. The molecule has 1 aliphatic heterocycles. The van der Waals surface area contributed by atoms with Gasteiger partial charge in [-0.05, 0) is 18.2 Å². The second kappa shape index (κ2) is 8.11. The van der Waals surface area contributed by atoms with Crippen LogP contribution in [-0.2, 0) is 14.3 Å². The summed E-state index contributed by atoms with van der Waals surface area (Å²) in [6, 6.07) is 10.0. The number of nitrogens with one attached hydrogen (secondary N) is 1. The molecule has 1 aliphatic rings. The highest BCUT2D eigenvalue weighted by Crippen LogP contribution is 2.29. The Kier molecular flexibility index (Phi) is 5.63. The van der Waals surface area contributed by atoms with E-state index in [9.17, 15) is 19.5 Å². The zero-order valence-electron chi connectivity index (χ0n) is 14.6. The lowest BCUT2D eigenvalue weighted by Gasteiger charge is -2.15. The SMILES string of the molecule is CC(=O)O[C@@H]1C[C@H](n2ccc(NC(=O)c3ccccc3)nc2=O)O[C@H]1CO. The molecule has 0 radical (unpaired) electrons. The van der Waals surface area contributed by atoms with Crippen LogP contribution in [0.3, 0.4) is 0 Å². The maximum atomic E-state index is 12.3. The summed E-state index contributed by atoms with van der Waals surface area (Å²) in [6.45, 7) is 0.918. The average molecular weight is 373 g/mol. The van der Waals surface area contributed by atoms with Gasteiger partial charge in [0, 0.05) is 25.1 Å². The van der Waals surface area contributed by atoms with Gasteiger partial charge in [-0.3, -0.25) is 14.2 Å². The second-order valence-electron chi connectivity index (χ2n) is 6.02. The van der Waals surface area contributed by atoms with Crippen LogP contribution in [0.4, 0.5) is 5.82 Å². The molecule has 3 atom stereocenters. The van der Waals surface area contributed by atoms with Crippen molar-refractivity contribution in [1.82, 2.24) is 9.55 Å². The van der Waals surface area contributed by atoms with Crippen molar-refractivity contribution in [1.29, 1.82) is 0 Å². The fraction of sp³-hybridized carbons (Fsp3) is 0.333. The van der Waals surface area contributed by atoms with Crippen molar-refractivity contribution >= 4 is 17.7 Å². The van der Waals surface area contributed by atoms with Gasteiger partial charge in [-0.1, -0.05) is 18.2 Å². The fourth-order valence-corrected chi connectivity index (χ4v) is 2.85. The van der Waals surface area contributed by atoms with Crippen LogP contribution in [-0.4, -0.2) is 45.3 Å². The molecule has 0 aliphatic carbocycles.